The number of rotatable bonds is 11. The number of methoxy groups -OCH3 is 1. The first kappa shape index (κ1) is 19.2. The number of unbranched alkanes of at least 4 members (excludes halogenated alkanes) is 2. The molecule has 1 aromatic heterocycles. The third-order valence-electron chi connectivity index (χ3n) is 3.20. The van der Waals surface area contributed by atoms with Crippen LogP contribution in [-0.4, -0.2) is 44.4 Å². The van der Waals surface area contributed by atoms with Crippen molar-refractivity contribution in [2.75, 3.05) is 33.4 Å². The van der Waals surface area contributed by atoms with Gasteiger partial charge in [-0.15, -0.1) is 0 Å². The zero-order valence-electron chi connectivity index (χ0n) is 14.6. The summed E-state index contributed by atoms with van der Waals surface area (Å²) in [7, 11) is 1.65. The lowest BCUT2D eigenvalue weighted by Crippen LogP contribution is -2.37. The average Bonchev–Trinajstić information content (AvgIpc) is 2.57. The minimum absolute atomic E-state index is 0.486. The van der Waals surface area contributed by atoms with Crippen molar-refractivity contribution >= 4 is 5.96 Å². The predicted octanol–water partition coefficient (Wildman–Crippen LogP) is 2.35. The maximum absolute atomic E-state index is 5.64. The number of pyridine rings is 1. The fourth-order valence-electron chi connectivity index (χ4n) is 1.98. The van der Waals surface area contributed by atoms with Crippen molar-refractivity contribution in [1.29, 1.82) is 0 Å². The van der Waals surface area contributed by atoms with Gasteiger partial charge in [-0.25, -0.2) is 9.98 Å². The van der Waals surface area contributed by atoms with Gasteiger partial charge in [0.2, 0.25) is 5.88 Å². The van der Waals surface area contributed by atoms with Gasteiger partial charge in [0, 0.05) is 32.0 Å². The molecule has 1 rings (SSSR count). The van der Waals surface area contributed by atoms with Crippen molar-refractivity contribution in [2.24, 2.45) is 4.99 Å². The number of nitrogens with one attached hydrogen (secondary N) is 2. The first-order valence-corrected chi connectivity index (χ1v) is 8.39. The number of aliphatic imine (C=N–C) groups is 1. The van der Waals surface area contributed by atoms with Crippen molar-refractivity contribution in [1.82, 2.24) is 15.6 Å². The number of guanidine groups is 1. The van der Waals surface area contributed by atoms with Crippen molar-refractivity contribution in [2.45, 2.75) is 39.7 Å². The topological polar surface area (TPSA) is 67.8 Å². The van der Waals surface area contributed by atoms with E-state index in [4.69, 9.17) is 9.47 Å². The summed E-state index contributed by atoms with van der Waals surface area (Å²) in [5.41, 5.74) is 0.967. The van der Waals surface area contributed by atoms with Crippen molar-refractivity contribution in [3.8, 4) is 5.88 Å². The summed E-state index contributed by atoms with van der Waals surface area (Å²) >= 11 is 0. The Kier molecular flexibility index (Phi) is 10.6. The third kappa shape index (κ3) is 8.40. The molecule has 2 N–H and O–H groups in total. The van der Waals surface area contributed by atoms with E-state index >= 15 is 0 Å². The normalized spacial score (nSPS) is 11.3. The quantitative estimate of drug-likeness (QED) is 0.372. The summed E-state index contributed by atoms with van der Waals surface area (Å²) in [5, 5.41) is 6.61. The SMILES string of the molecule is CCCCCNC(=NCc1cccnc1OCCOC)NCC. The van der Waals surface area contributed by atoms with Crippen LogP contribution >= 0.6 is 0 Å². The average molecular weight is 322 g/mol. The molecule has 0 bridgehead atoms. The molecule has 0 fully saturated rings. The molecule has 130 valence electrons. The monoisotopic (exact) mass is 322 g/mol. The van der Waals surface area contributed by atoms with E-state index in [1.54, 1.807) is 13.3 Å². The molecular formula is C17H30N4O2. The van der Waals surface area contributed by atoms with E-state index in [0.717, 1.165) is 31.0 Å². The first-order valence-electron chi connectivity index (χ1n) is 8.39. The lowest BCUT2D eigenvalue weighted by Gasteiger charge is -2.12. The second-order valence-corrected chi connectivity index (χ2v) is 5.14. The number of aromatic nitrogens is 1. The van der Waals surface area contributed by atoms with E-state index in [1.807, 2.05) is 12.1 Å². The minimum Gasteiger partial charge on any atom is -0.475 e. The van der Waals surface area contributed by atoms with Crippen LogP contribution in [0, 0.1) is 0 Å². The van der Waals surface area contributed by atoms with Gasteiger partial charge >= 0.3 is 0 Å². The van der Waals surface area contributed by atoms with Gasteiger partial charge in [0.25, 0.3) is 0 Å². The van der Waals surface area contributed by atoms with E-state index in [2.05, 4.69) is 34.5 Å². The summed E-state index contributed by atoms with van der Waals surface area (Å²) in [6.07, 6.45) is 5.32. The van der Waals surface area contributed by atoms with Crippen LogP contribution in [0.4, 0.5) is 0 Å². The maximum Gasteiger partial charge on any atom is 0.218 e. The van der Waals surface area contributed by atoms with Crippen molar-refractivity contribution in [3.63, 3.8) is 0 Å². The fraction of sp³-hybridized carbons (Fsp3) is 0.647. The maximum atomic E-state index is 5.64. The molecule has 0 saturated carbocycles. The minimum atomic E-state index is 0.486. The summed E-state index contributed by atoms with van der Waals surface area (Å²) in [4.78, 5) is 8.89. The highest BCUT2D eigenvalue weighted by Crippen LogP contribution is 2.15. The largest absolute Gasteiger partial charge is 0.475 e. The van der Waals surface area contributed by atoms with Crippen LogP contribution in [-0.2, 0) is 11.3 Å². The zero-order chi connectivity index (χ0) is 16.8. The van der Waals surface area contributed by atoms with E-state index in [1.165, 1.54) is 12.8 Å². The van der Waals surface area contributed by atoms with Gasteiger partial charge in [-0.05, 0) is 19.4 Å². The van der Waals surface area contributed by atoms with Crippen LogP contribution in [0.3, 0.4) is 0 Å². The molecule has 0 amide bonds. The molecule has 0 saturated heterocycles. The molecule has 0 aliphatic carbocycles. The van der Waals surface area contributed by atoms with Crippen LogP contribution < -0.4 is 15.4 Å². The lowest BCUT2D eigenvalue weighted by atomic mass is 10.2. The first-order chi connectivity index (χ1) is 11.3. The Morgan fingerprint density at radius 1 is 1.22 bits per heavy atom. The Hall–Kier alpha value is -1.82. The third-order valence-corrected chi connectivity index (χ3v) is 3.20. The Balaban J connectivity index is 2.59. The summed E-state index contributed by atoms with van der Waals surface area (Å²) in [5.74, 6) is 1.45. The molecule has 6 nitrogen and oxygen atoms in total. The molecule has 0 atom stereocenters. The van der Waals surface area contributed by atoms with E-state index in [0.29, 0.717) is 25.6 Å². The molecule has 1 aromatic rings. The number of hydrogen-bond donors (Lipinski definition) is 2. The molecule has 0 aliphatic heterocycles. The zero-order valence-corrected chi connectivity index (χ0v) is 14.6. The Morgan fingerprint density at radius 2 is 2.09 bits per heavy atom. The summed E-state index contributed by atoms with van der Waals surface area (Å²) in [6.45, 7) is 7.59. The summed E-state index contributed by atoms with van der Waals surface area (Å²) in [6, 6.07) is 3.88. The molecule has 6 heteroatoms. The highest BCUT2D eigenvalue weighted by Gasteiger charge is 2.05. The number of ether oxygens (including phenoxy) is 2. The highest BCUT2D eigenvalue weighted by molar-refractivity contribution is 5.79. The van der Waals surface area contributed by atoms with Gasteiger partial charge in [0.05, 0.1) is 13.2 Å². The molecule has 0 aromatic carbocycles. The Morgan fingerprint density at radius 3 is 2.83 bits per heavy atom. The summed E-state index contributed by atoms with van der Waals surface area (Å²) < 4.78 is 10.6. The highest BCUT2D eigenvalue weighted by atomic mass is 16.5. The standard InChI is InChI=1S/C17H30N4O2/c1-4-6-7-10-20-17(18-5-2)21-14-15-9-8-11-19-16(15)23-13-12-22-3/h8-9,11H,4-7,10,12-14H2,1-3H3,(H2,18,20,21). The molecule has 1 heterocycles. The van der Waals surface area contributed by atoms with E-state index < -0.39 is 0 Å². The molecular weight excluding hydrogens is 292 g/mol. The molecule has 0 radical (unpaired) electrons. The Labute approximate surface area is 139 Å². The smallest absolute Gasteiger partial charge is 0.218 e. The van der Waals surface area contributed by atoms with Gasteiger partial charge in [-0.1, -0.05) is 25.8 Å². The molecule has 0 aliphatic rings. The number of nitrogens with zero attached hydrogens (tertiary/aromatic N) is 2. The van der Waals surface area contributed by atoms with Gasteiger partial charge in [0.15, 0.2) is 5.96 Å². The number of hydrogen-bond acceptors (Lipinski definition) is 4. The molecule has 23 heavy (non-hydrogen) atoms. The molecule has 0 unspecified atom stereocenters. The van der Waals surface area contributed by atoms with Crippen LogP contribution in [0.1, 0.15) is 38.7 Å². The molecule has 0 spiro atoms. The Bertz CT molecular complexity index is 452. The predicted molar refractivity (Wildman–Crippen MR) is 94.0 cm³/mol. The van der Waals surface area contributed by atoms with E-state index in [-0.39, 0.29) is 0 Å². The van der Waals surface area contributed by atoms with Crippen LogP contribution in [0.15, 0.2) is 23.3 Å². The van der Waals surface area contributed by atoms with Gasteiger partial charge in [0.1, 0.15) is 6.61 Å². The second kappa shape index (κ2) is 12.7. The van der Waals surface area contributed by atoms with E-state index in [9.17, 15) is 0 Å². The lowest BCUT2D eigenvalue weighted by molar-refractivity contribution is 0.143. The van der Waals surface area contributed by atoms with Crippen molar-refractivity contribution < 1.29 is 9.47 Å². The van der Waals surface area contributed by atoms with Crippen LogP contribution in [0.25, 0.3) is 0 Å². The fourth-order valence-corrected chi connectivity index (χ4v) is 1.98. The van der Waals surface area contributed by atoms with Gasteiger partial charge in [-0.3, -0.25) is 0 Å². The van der Waals surface area contributed by atoms with Gasteiger partial charge in [-0.2, -0.15) is 0 Å². The second-order valence-electron chi connectivity index (χ2n) is 5.14. The van der Waals surface area contributed by atoms with Crippen molar-refractivity contribution in [3.05, 3.63) is 23.9 Å². The van der Waals surface area contributed by atoms with Crippen LogP contribution in [0.5, 0.6) is 5.88 Å². The van der Waals surface area contributed by atoms with Crippen LogP contribution in [0.2, 0.25) is 0 Å². The van der Waals surface area contributed by atoms with Gasteiger partial charge < -0.3 is 20.1 Å².